The van der Waals surface area contributed by atoms with E-state index in [9.17, 15) is 18.0 Å². The Morgan fingerprint density at radius 3 is 2.58 bits per heavy atom. The maximum atomic E-state index is 13.3. The molecule has 0 radical (unpaired) electrons. The minimum Gasteiger partial charge on any atom is -0.383 e. The Labute approximate surface area is 190 Å². The topological polar surface area (TPSA) is 56.1 Å². The fourth-order valence-corrected chi connectivity index (χ4v) is 4.16. The molecule has 3 aromatic rings. The normalized spacial score (nSPS) is 12.9. The van der Waals surface area contributed by atoms with Crippen LogP contribution >= 0.6 is 35.0 Å². The van der Waals surface area contributed by atoms with Crippen LogP contribution in [0.1, 0.15) is 12.5 Å². The van der Waals surface area contributed by atoms with E-state index in [1.165, 1.54) is 6.07 Å². The van der Waals surface area contributed by atoms with E-state index in [0.717, 1.165) is 29.4 Å². The van der Waals surface area contributed by atoms with Gasteiger partial charge in [0.1, 0.15) is 0 Å². The van der Waals surface area contributed by atoms with E-state index in [4.69, 9.17) is 27.9 Å². The number of rotatable bonds is 7. The summed E-state index contributed by atoms with van der Waals surface area (Å²) < 4.78 is 46.9. The lowest BCUT2D eigenvalue weighted by Gasteiger charge is -2.17. The number of benzene rings is 2. The average molecular weight is 492 g/mol. The molecule has 1 amide bonds. The lowest BCUT2D eigenvalue weighted by molar-refractivity contribution is -0.137. The quantitative estimate of drug-likeness (QED) is 0.404. The molecular weight excluding hydrogens is 474 g/mol. The largest absolute Gasteiger partial charge is 0.418 e. The van der Waals surface area contributed by atoms with Crippen LogP contribution in [0, 0.1) is 0 Å². The van der Waals surface area contributed by atoms with Crippen molar-refractivity contribution >= 4 is 57.6 Å². The van der Waals surface area contributed by atoms with Crippen LogP contribution < -0.4 is 5.32 Å². The molecule has 3 rings (SSSR count). The number of carbonyl (C=O) groups excluding carboxylic acids is 1. The van der Waals surface area contributed by atoms with Gasteiger partial charge < -0.3 is 14.6 Å². The third kappa shape index (κ3) is 5.65. The number of aromatic nitrogens is 2. The van der Waals surface area contributed by atoms with Gasteiger partial charge in [0.2, 0.25) is 5.91 Å². The van der Waals surface area contributed by atoms with Crippen LogP contribution in [0.15, 0.2) is 41.6 Å². The highest BCUT2D eigenvalue weighted by atomic mass is 35.5. The molecule has 1 atom stereocenters. The summed E-state index contributed by atoms with van der Waals surface area (Å²) in [6.07, 6.45) is -4.66. The van der Waals surface area contributed by atoms with E-state index in [1.54, 1.807) is 26.2 Å². The number of hydrogen-bond donors (Lipinski definition) is 1. The van der Waals surface area contributed by atoms with Crippen molar-refractivity contribution < 1.29 is 22.7 Å². The number of ether oxygens (including phenoxy) is 1. The van der Waals surface area contributed by atoms with Crippen LogP contribution in [-0.2, 0) is 22.3 Å². The number of alkyl halides is 3. The zero-order valence-electron chi connectivity index (χ0n) is 16.5. The highest BCUT2D eigenvalue weighted by molar-refractivity contribution is 8.00. The van der Waals surface area contributed by atoms with Gasteiger partial charge in [-0.25, -0.2) is 4.98 Å². The van der Waals surface area contributed by atoms with Gasteiger partial charge in [-0.2, -0.15) is 13.2 Å². The third-order valence-electron chi connectivity index (χ3n) is 4.39. The molecule has 1 heterocycles. The SMILES string of the molecule is COCCn1c(SC(C)C(=O)Nc2ccc(Cl)cc2C(F)(F)F)nc2cc(Cl)ccc21. The number of hydrogen-bond acceptors (Lipinski definition) is 4. The van der Waals surface area contributed by atoms with E-state index in [-0.39, 0.29) is 10.7 Å². The first-order valence-corrected chi connectivity index (χ1v) is 10.7. The van der Waals surface area contributed by atoms with Crippen molar-refractivity contribution in [2.24, 2.45) is 0 Å². The molecule has 0 saturated carbocycles. The third-order valence-corrected chi connectivity index (χ3v) is 5.95. The maximum absolute atomic E-state index is 13.3. The molecule has 0 aliphatic carbocycles. The number of nitrogens with zero attached hydrogens (tertiary/aromatic N) is 2. The molecule has 0 saturated heterocycles. The fraction of sp³-hybridized carbons (Fsp3) is 0.300. The lowest BCUT2D eigenvalue weighted by atomic mass is 10.1. The summed E-state index contributed by atoms with van der Waals surface area (Å²) in [5.41, 5.74) is 0.103. The first-order chi connectivity index (χ1) is 14.6. The molecule has 0 aliphatic heterocycles. The molecule has 5 nitrogen and oxygen atoms in total. The number of methoxy groups -OCH3 is 1. The summed E-state index contributed by atoms with van der Waals surface area (Å²) in [4.78, 5) is 17.2. The number of halogens is 5. The van der Waals surface area contributed by atoms with Crippen LogP contribution in [0.5, 0.6) is 0 Å². The Morgan fingerprint density at radius 1 is 1.23 bits per heavy atom. The maximum Gasteiger partial charge on any atom is 0.418 e. The van der Waals surface area contributed by atoms with Gasteiger partial charge >= 0.3 is 6.18 Å². The molecule has 11 heteroatoms. The highest BCUT2D eigenvalue weighted by Gasteiger charge is 2.34. The second-order valence-electron chi connectivity index (χ2n) is 6.61. The van der Waals surface area contributed by atoms with Crippen molar-refractivity contribution in [3.8, 4) is 0 Å². The summed E-state index contributed by atoms with van der Waals surface area (Å²) >= 11 is 12.9. The summed E-state index contributed by atoms with van der Waals surface area (Å²) in [7, 11) is 1.57. The number of fused-ring (bicyclic) bond motifs is 1. The number of thioether (sulfide) groups is 1. The molecule has 0 bridgehead atoms. The van der Waals surface area contributed by atoms with Crippen molar-refractivity contribution in [1.29, 1.82) is 0 Å². The summed E-state index contributed by atoms with van der Waals surface area (Å²) in [5.74, 6) is -0.596. The minimum atomic E-state index is -4.66. The highest BCUT2D eigenvalue weighted by Crippen LogP contribution is 2.37. The molecule has 166 valence electrons. The van der Waals surface area contributed by atoms with Crippen molar-refractivity contribution in [2.45, 2.75) is 30.1 Å². The molecule has 1 N–H and O–H groups in total. The van der Waals surface area contributed by atoms with Gasteiger partial charge in [0.15, 0.2) is 5.16 Å². The second-order valence-corrected chi connectivity index (χ2v) is 8.79. The van der Waals surface area contributed by atoms with E-state index in [2.05, 4.69) is 10.3 Å². The monoisotopic (exact) mass is 491 g/mol. The summed E-state index contributed by atoms with van der Waals surface area (Å²) in [5, 5.41) is 2.60. The Balaban J connectivity index is 1.84. The molecule has 1 aromatic heterocycles. The van der Waals surface area contributed by atoms with Crippen molar-refractivity contribution in [3.63, 3.8) is 0 Å². The zero-order chi connectivity index (χ0) is 22.8. The van der Waals surface area contributed by atoms with E-state index in [1.807, 2.05) is 10.6 Å². The summed E-state index contributed by atoms with van der Waals surface area (Å²) in [6, 6.07) is 8.46. The standard InChI is InChI=1S/C20H18Cl2F3N3O2S/c1-11(18(29)26-15-5-3-12(21)9-14(15)20(23,24)25)31-19-27-16-10-13(22)4-6-17(16)28(19)7-8-30-2/h3-6,9-11H,7-8H2,1-2H3,(H,26,29). The van der Waals surface area contributed by atoms with Crippen molar-refractivity contribution in [1.82, 2.24) is 9.55 Å². The molecule has 2 aromatic carbocycles. The van der Waals surface area contributed by atoms with E-state index < -0.39 is 22.9 Å². The Kier molecular flexibility index (Phi) is 7.41. The molecule has 0 fully saturated rings. The second kappa shape index (κ2) is 9.68. The first kappa shape index (κ1) is 23.7. The van der Waals surface area contributed by atoms with Gasteiger partial charge in [-0.1, -0.05) is 35.0 Å². The molecule has 0 spiro atoms. The van der Waals surface area contributed by atoms with Gasteiger partial charge in [0.05, 0.1) is 34.1 Å². The number of nitrogens with one attached hydrogen (secondary N) is 1. The number of carbonyl (C=O) groups is 1. The Bertz CT molecular complexity index is 1110. The summed E-state index contributed by atoms with van der Waals surface area (Å²) in [6.45, 7) is 2.50. The van der Waals surface area contributed by atoms with Gasteiger partial charge in [0.25, 0.3) is 0 Å². The van der Waals surface area contributed by atoms with Crippen LogP contribution in [0.2, 0.25) is 10.0 Å². The van der Waals surface area contributed by atoms with Crippen molar-refractivity contribution in [3.05, 3.63) is 52.0 Å². The Hall–Kier alpha value is -1.94. The molecule has 0 aliphatic rings. The number of imidazole rings is 1. The van der Waals surface area contributed by atoms with Gasteiger partial charge in [-0.15, -0.1) is 0 Å². The molecular formula is C20H18Cl2F3N3O2S. The van der Waals surface area contributed by atoms with Crippen LogP contribution in [-0.4, -0.2) is 34.4 Å². The van der Waals surface area contributed by atoms with E-state index in [0.29, 0.717) is 28.8 Å². The van der Waals surface area contributed by atoms with E-state index >= 15 is 0 Å². The average Bonchev–Trinajstić information content (AvgIpc) is 3.02. The van der Waals surface area contributed by atoms with Crippen LogP contribution in [0.4, 0.5) is 18.9 Å². The van der Waals surface area contributed by atoms with Gasteiger partial charge in [0, 0.05) is 23.7 Å². The number of amides is 1. The lowest BCUT2D eigenvalue weighted by Crippen LogP contribution is -2.24. The predicted molar refractivity (Wildman–Crippen MR) is 117 cm³/mol. The minimum absolute atomic E-state index is 0.0710. The zero-order valence-corrected chi connectivity index (χ0v) is 18.8. The van der Waals surface area contributed by atoms with Crippen LogP contribution in [0.3, 0.4) is 0 Å². The first-order valence-electron chi connectivity index (χ1n) is 9.09. The van der Waals surface area contributed by atoms with Gasteiger partial charge in [-0.3, -0.25) is 4.79 Å². The Morgan fingerprint density at radius 2 is 1.90 bits per heavy atom. The number of anilines is 1. The fourth-order valence-electron chi connectivity index (χ4n) is 2.88. The molecule has 1 unspecified atom stereocenters. The smallest absolute Gasteiger partial charge is 0.383 e. The predicted octanol–water partition coefficient (Wildman–Crippen LogP) is 6.13. The van der Waals surface area contributed by atoms with Gasteiger partial charge in [-0.05, 0) is 43.3 Å². The van der Waals surface area contributed by atoms with Crippen LogP contribution in [0.25, 0.3) is 11.0 Å². The molecule has 31 heavy (non-hydrogen) atoms. The van der Waals surface area contributed by atoms with Crippen molar-refractivity contribution in [2.75, 3.05) is 19.0 Å².